The molecule has 0 aliphatic carbocycles. The topological polar surface area (TPSA) is 67.1 Å². The summed E-state index contributed by atoms with van der Waals surface area (Å²) in [6.45, 7) is 12.5. The highest BCUT2D eigenvalue weighted by Gasteiger charge is 2.09. The Labute approximate surface area is 165 Å². The monoisotopic (exact) mass is 462 g/mol. The van der Waals surface area contributed by atoms with E-state index < -0.39 is 0 Å². The van der Waals surface area contributed by atoms with Gasteiger partial charge in [0.15, 0.2) is 5.96 Å². The van der Waals surface area contributed by atoms with Crippen LogP contribution < -0.4 is 10.6 Å². The number of hydrogen-bond acceptors (Lipinski definition) is 4. The van der Waals surface area contributed by atoms with E-state index in [0.717, 1.165) is 34.6 Å². The molecule has 0 radical (unpaired) electrons. The van der Waals surface area contributed by atoms with Gasteiger partial charge in [0.25, 0.3) is 0 Å². The van der Waals surface area contributed by atoms with Gasteiger partial charge in [-0.2, -0.15) is 5.10 Å². The number of aliphatic imine (C=N–C) groups is 1. The zero-order valence-electron chi connectivity index (χ0n) is 15.2. The van der Waals surface area contributed by atoms with Crippen molar-refractivity contribution in [3.05, 3.63) is 32.5 Å². The minimum absolute atomic E-state index is 0. The minimum atomic E-state index is 0. The van der Waals surface area contributed by atoms with Crippen molar-refractivity contribution in [1.29, 1.82) is 0 Å². The summed E-state index contributed by atoms with van der Waals surface area (Å²) >= 11 is 1.73. The fourth-order valence-corrected chi connectivity index (χ4v) is 3.19. The first kappa shape index (κ1) is 20.9. The molecule has 2 aromatic rings. The summed E-state index contributed by atoms with van der Waals surface area (Å²) in [6.07, 6.45) is 0. The van der Waals surface area contributed by atoms with Gasteiger partial charge in [-0.25, -0.2) is 9.98 Å². The molecule has 24 heavy (non-hydrogen) atoms. The summed E-state index contributed by atoms with van der Waals surface area (Å²) in [5.74, 6) is 0.806. The highest BCUT2D eigenvalue weighted by Crippen LogP contribution is 2.16. The Bertz CT molecular complexity index is 684. The van der Waals surface area contributed by atoms with E-state index in [4.69, 9.17) is 0 Å². The molecule has 0 saturated carbocycles. The zero-order valence-corrected chi connectivity index (χ0v) is 18.4. The third-order valence-corrected chi connectivity index (χ3v) is 4.95. The molecule has 0 saturated heterocycles. The normalized spacial score (nSPS) is 11.3. The van der Waals surface area contributed by atoms with E-state index in [1.54, 1.807) is 11.3 Å². The van der Waals surface area contributed by atoms with Crippen LogP contribution >= 0.6 is 35.3 Å². The first-order valence-electron chi connectivity index (χ1n) is 7.86. The number of aryl methyl sites for hydroxylation is 4. The number of thiazole rings is 1. The number of hydrogen-bond donors (Lipinski definition) is 2. The van der Waals surface area contributed by atoms with Gasteiger partial charge in [0.2, 0.25) is 0 Å². The Morgan fingerprint density at radius 3 is 2.38 bits per heavy atom. The summed E-state index contributed by atoms with van der Waals surface area (Å²) in [5, 5.41) is 12.2. The highest BCUT2D eigenvalue weighted by atomic mass is 127. The van der Waals surface area contributed by atoms with Crippen molar-refractivity contribution in [3.8, 4) is 0 Å². The maximum Gasteiger partial charge on any atom is 0.191 e. The Hall–Kier alpha value is -1.16. The number of nitrogens with one attached hydrogen (secondary N) is 2. The van der Waals surface area contributed by atoms with Gasteiger partial charge in [-0.15, -0.1) is 35.3 Å². The van der Waals surface area contributed by atoms with Crippen LogP contribution in [0.15, 0.2) is 4.99 Å². The number of halogens is 1. The van der Waals surface area contributed by atoms with E-state index in [1.165, 1.54) is 10.4 Å². The standard InChI is InChI=1S/C16H26N6S.HI/c1-7-17-16(19-9-15-20-10(2)13(5)23-15)18-8-14-11(3)21-22(6)12(14)4;/h7-9H2,1-6H3,(H2,17,18,19);1H. The van der Waals surface area contributed by atoms with Gasteiger partial charge >= 0.3 is 0 Å². The maximum absolute atomic E-state index is 4.68. The van der Waals surface area contributed by atoms with E-state index in [1.807, 2.05) is 25.6 Å². The summed E-state index contributed by atoms with van der Waals surface area (Å²) in [4.78, 5) is 10.5. The predicted octanol–water partition coefficient (Wildman–Crippen LogP) is 2.98. The molecule has 0 fully saturated rings. The largest absolute Gasteiger partial charge is 0.357 e. The van der Waals surface area contributed by atoms with Crippen LogP contribution in [0.4, 0.5) is 0 Å². The van der Waals surface area contributed by atoms with E-state index in [-0.39, 0.29) is 24.0 Å². The van der Waals surface area contributed by atoms with Crippen LogP contribution in [0.1, 0.15) is 39.5 Å². The molecule has 0 amide bonds. The molecule has 0 spiro atoms. The molecule has 0 aliphatic rings. The first-order valence-corrected chi connectivity index (χ1v) is 8.68. The van der Waals surface area contributed by atoms with Gasteiger partial charge in [-0.05, 0) is 34.6 Å². The third-order valence-electron chi connectivity index (χ3n) is 3.88. The predicted molar refractivity (Wildman–Crippen MR) is 111 cm³/mol. The fraction of sp³-hybridized carbons (Fsp3) is 0.562. The van der Waals surface area contributed by atoms with Crippen LogP contribution in [0.2, 0.25) is 0 Å². The van der Waals surface area contributed by atoms with Gasteiger partial charge in [-0.3, -0.25) is 4.68 Å². The third kappa shape index (κ3) is 5.17. The molecular formula is C16H27IN6S. The smallest absolute Gasteiger partial charge is 0.191 e. The second-order valence-corrected chi connectivity index (χ2v) is 6.86. The van der Waals surface area contributed by atoms with Crippen molar-refractivity contribution in [3.63, 3.8) is 0 Å². The first-order chi connectivity index (χ1) is 10.9. The fourth-order valence-electron chi connectivity index (χ4n) is 2.32. The van der Waals surface area contributed by atoms with Crippen LogP contribution in [0.25, 0.3) is 0 Å². The number of guanidine groups is 1. The van der Waals surface area contributed by atoms with E-state index in [0.29, 0.717) is 13.1 Å². The summed E-state index contributed by atoms with van der Waals surface area (Å²) in [6, 6.07) is 0. The molecule has 0 atom stereocenters. The van der Waals surface area contributed by atoms with Gasteiger partial charge in [0.05, 0.1) is 24.5 Å². The summed E-state index contributed by atoms with van der Waals surface area (Å²) in [7, 11) is 1.96. The number of nitrogens with zero attached hydrogens (tertiary/aromatic N) is 4. The second kappa shape index (κ2) is 9.36. The average molecular weight is 462 g/mol. The average Bonchev–Trinajstić information content (AvgIpc) is 2.94. The van der Waals surface area contributed by atoms with Crippen LogP contribution in [-0.4, -0.2) is 27.3 Å². The van der Waals surface area contributed by atoms with Crippen molar-refractivity contribution in [2.45, 2.75) is 47.7 Å². The van der Waals surface area contributed by atoms with E-state index >= 15 is 0 Å². The number of aromatic nitrogens is 3. The van der Waals surface area contributed by atoms with Crippen molar-refractivity contribution in [2.75, 3.05) is 6.54 Å². The maximum atomic E-state index is 4.68. The zero-order chi connectivity index (χ0) is 17.0. The Morgan fingerprint density at radius 2 is 1.88 bits per heavy atom. The molecule has 0 unspecified atom stereocenters. The van der Waals surface area contributed by atoms with Crippen molar-refractivity contribution < 1.29 is 0 Å². The summed E-state index contributed by atoms with van der Waals surface area (Å²) < 4.78 is 1.90. The molecule has 0 bridgehead atoms. The Balaban J connectivity index is 0.00000288. The molecular weight excluding hydrogens is 435 g/mol. The SMILES string of the molecule is CCNC(=NCc1c(C)nn(C)c1C)NCc1nc(C)c(C)s1.I. The van der Waals surface area contributed by atoms with Crippen molar-refractivity contribution >= 4 is 41.3 Å². The molecule has 6 nitrogen and oxygen atoms in total. The lowest BCUT2D eigenvalue weighted by Crippen LogP contribution is -2.36. The van der Waals surface area contributed by atoms with Crippen LogP contribution in [-0.2, 0) is 20.1 Å². The van der Waals surface area contributed by atoms with Gasteiger partial charge in [0.1, 0.15) is 5.01 Å². The van der Waals surface area contributed by atoms with Crippen LogP contribution in [0.5, 0.6) is 0 Å². The lowest BCUT2D eigenvalue weighted by Gasteiger charge is -2.10. The van der Waals surface area contributed by atoms with Crippen molar-refractivity contribution in [2.24, 2.45) is 12.0 Å². The molecule has 0 aliphatic heterocycles. The van der Waals surface area contributed by atoms with Crippen LogP contribution in [0.3, 0.4) is 0 Å². The van der Waals surface area contributed by atoms with Crippen LogP contribution in [0, 0.1) is 27.7 Å². The molecule has 2 N–H and O–H groups in total. The number of rotatable bonds is 5. The molecule has 134 valence electrons. The lowest BCUT2D eigenvalue weighted by molar-refractivity contribution is 0.730. The summed E-state index contributed by atoms with van der Waals surface area (Å²) in [5.41, 5.74) is 4.49. The highest BCUT2D eigenvalue weighted by molar-refractivity contribution is 14.0. The van der Waals surface area contributed by atoms with Gasteiger partial charge < -0.3 is 10.6 Å². The molecule has 8 heteroatoms. The van der Waals surface area contributed by atoms with Crippen molar-refractivity contribution in [1.82, 2.24) is 25.4 Å². The van der Waals surface area contributed by atoms with Gasteiger partial charge in [0, 0.05) is 29.7 Å². The van der Waals surface area contributed by atoms with E-state index in [9.17, 15) is 0 Å². The van der Waals surface area contributed by atoms with Gasteiger partial charge in [-0.1, -0.05) is 0 Å². The Morgan fingerprint density at radius 1 is 1.17 bits per heavy atom. The second-order valence-electron chi connectivity index (χ2n) is 5.57. The minimum Gasteiger partial charge on any atom is -0.357 e. The molecule has 2 rings (SSSR count). The quantitative estimate of drug-likeness (QED) is 0.408. The molecule has 2 heterocycles. The molecule has 0 aromatic carbocycles. The lowest BCUT2D eigenvalue weighted by atomic mass is 10.2. The molecule has 2 aromatic heterocycles. The van der Waals surface area contributed by atoms with E-state index in [2.05, 4.69) is 46.5 Å². The Kier molecular flexibility index (Phi) is 8.14.